The number of hydrogen-bond donors (Lipinski definition) is 3. The number of carboxylic acids is 1. The zero-order chi connectivity index (χ0) is 24.2. The van der Waals surface area contributed by atoms with Crippen LogP contribution in [0, 0.1) is 10.1 Å². The number of nitro benzene ring substituents is 1. The van der Waals surface area contributed by atoms with Gasteiger partial charge in [-0.25, -0.2) is 4.79 Å². The minimum absolute atomic E-state index is 0.0849. The fraction of sp³-hybridized carbons (Fsp3) is 0.240. The lowest BCUT2D eigenvalue weighted by Crippen LogP contribution is -2.37. The van der Waals surface area contributed by atoms with Gasteiger partial charge in [-0.1, -0.05) is 29.8 Å². The Morgan fingerprint density at radius 1 is 1.15 bits per heavy atom. The number of non-ortho nitro benzene ring substituents is 1. The number of aliphatic hydroxyl groups is 1. The first-order valence-electron chi connectivity index (χ1n) is 10.8. The van der Waals surface area contributed by atoms with Gasteiger partial charge in [0.2, 0.25) is 0 Å². The van der Waals surface area contributed by atoms with Crippen molar-refractivity contribution in [2.75, 3.05) is 6.54 Å². The zero-order valence-corrected chi connectivity index (χ0v) is 18.9. The summed E-state index contributed by atoms with van der Waals surface area (Å²) in [5.74, 6) is -0.718. The number of nitro groups is 1. The van der Waals surface area contributed by atoms with Crippen LogP contribution in [-0.2, 0) is 12.8 Å². The van der Waals surface area contributed by atoms with E-state index in [1.165, 1.54) is 17.7 Å². The van der Waals surface area contributed by atoms with E-state index in [2.05, 4.69) is 5.32 Å². The van der Waals surface area contributed by atoms with Crippen LogP contribution >= 0.6 is 11.6 Å². The number of rotatable bonds is 8. The number of nitrogens with zero attached hydrogens (tertiary/aromatic N) is 1. The van der Waals surface area contributed by atoms with Gasteiger partial charge in [0.05, 0.1) is 22.7 Å². The van der Waals surface area contributed by atoms with E-state index in [0.717, 1.165) is 36.5 Å². The second kappa shape index (κ2) is 10.2. The van der Waals surface area contributed by atoms with Gasteiger partial charge >= 0.3 is 5.97 Å². The van der Waals surface area contributed by atoms with Crippen molar-refractivity contribution in [3.63, 3.8) is 0 Å². The lowest BCUT2D eigenvalue weighted by Gasteiger charge is -2.27. The third kappa shape index (κ3) is 5.72. The number of fused-ring (bicyclic) bond motifs is 1. The highest BCUT2D eigenvalue weighted by molar-refractivity contribution is 6.30. The number of ether oxygens (including phenoxy) is 1. The van der Waals surface area contributed by atoms with Crippen LogP contribution in [0.2, 0.25) is 5.02 Å². The molecule has 0 aromatic heterocycles. The van der Waals surface area contributed by atoms with Crippen LogP contribution in [-0.4, -0.2) is 33.7 Å². The zero-order valence-electron chi connectivity index (χ0n) is 18.1. The number of nitrogens with one attached hydrogen (secondary N) is 1. The minimum atomic E-state index is -1.27. The van der Waals surface area contributed by atoms with Crippen LogP contribution in [0.4, 0.5) is 5.69 Å². The maximum atomic E-state index is 11.3. The number of halogens is 1. The normalized spacial score (nSPS) is 15.9. The largest absolute Gasteiger partial charge is 0.478 e. The molecule has 1 aliphatic carbocycles. The molecular weight excluding hydrogens is 460 g/mol. The van der Waals surface area contributed by atoms with Crippen LogP contribution < -0.4 is 10.1 Å². The van der Waals surface area contributed by atoms with E-state index in [9.17, 15) is 25.1 Å². The Morgan fingerprint density at radius 3 is 2.71 bits per heavy atom. The molecule has 2 atom stereocenters. The Morgan fingerprint density at radius 2 is 1.97 bits per heavy atom. The number of hydrogen-bond acceptors (Lipinski definition) is 6. The summed E-state index contributed by atoms with van der Waals surface area (Å²) < 4.78 is 5.79. The van der Waals surface area contributed by atoms with Gasteiger partial charge in [0.25, 0.3) is 5.69 Å². The summed E-state index contributed by atoms with van der Waals surface area (Å²) in [6, 6.07) is 16.4. The lowest BCUT2D eigenvalue weighted by molar-refractivity contribution is -0.384. The predicted octanol–water partition coefficient (Wildman–Crippen LogP) is 4.92. The SMILES string of the molecule is O=C(O)c1cc(Oc2ccc3c(c2)C[C@@H](NC[C@H](O)c2cccc(Cl)c2)CC3)cc([N+](=O)[O-])c1. The minimum Gasteiger partial charge on any atom is -0.478 e. The first-order valence-corrected chi connectivity index (χ1v) is 11.2. The Balaban J connectivity index is 1.44. The number of carboxylic acid groups (broad SMARTS) is 1. The molecule has 3 aromatic rings. The second-order valence-electron chi connectivity index (χ2n) is 8.23. The number of benzene rings is 3. The van der Waals surface area contributed by atoms with Crippen LogP contribution in [0.25, 0.3) is 0 Å². The van der Waals surface area contributed by atoms with E-state index in [4.69, 9.17) is 16.3 Å². The van der Waals surface area contributed by atoms with Crippen LogP contribution in [0.3, 0.4) is 0 Å². The van der Waals surface area contributed by atoms with Gasteiger partial charge in [0.1, 0.15) is 11.5 Å². The van der Waals surface area contributed by atoms with E-state index in [1.54, 1.807) is 24.3 Å². The van der Waals surface area contributed by atoms with Crippen LogP contribution in [0.1, 0.15) is 39.6 Å². The smallest absolute Gasteiger partial charge is 0.336 e. The summed E-state index contributed by atoms with van der Waals surface area (Å²) in [6.07, 6.45) is 1.83. The van der Waals surface area contributed by atoms with Gasteiger partial charge in [0, 0.05) is 23.7 Å². The quantitative estimate of drug-likeness (QED) is 0.307. The molecule has 0 unspecified atom stereocenters. The lowest BCUT2D eigenvalue weighted by atomic mass is 9.88. The van der Waals surface area contributed by atoms with Gasteiger partial charge in [-0.2, -0.15) is 0 Å². The fourth-order valence-corrected chi connectivity index (χ4v) is 4.29. The monoisotopic (exact) mass is 482 g/mol. The van der Waals surface area contributed by atoms with Gasteiger partial charge in [0.15, 0.2) is 0 Å². The van der Waals surface area contributed by atoms with Crippen molar-refractivity contribution in [2.45, 2.75) is 31.4 Å². The van der Waals surface area contributed by atoms with E-state index in [0.29, 0.717) is 17.3 Å². The molecule has 0 spiro atoms. The number of aromatic carboxylic acids is 1. The summed E-state index contributed by atoms with van der Waals surface area (Å²) in [6.45, 7) is 0.391. The van der Waals surface area contributed by atoms with Crippen LogP contribution in [0.5, 0.6) is 11.5 Å². The molecule has 0 amide bonds. The van der Waals surface area contributed by atoms with Gasteiger partial charge in [-0.05, 0) is 66.3 Å². The van der Waals surface area contributed by atoms with Crippen molar-refractivity contribution in [1.82, 2.24) is 5.32 Å². The Labute approximate surface area is 200 Å². The molecular formula is C25H23ClN2O6. The molecule has 0 aliphatic heterocycles. The van der Waals surface area contributed by atoms with E-state index in [-0.39, 0.29) is 23.0 Å². The molecule has 0 bridgehead atoms. The highest BCUT2D eigenvalue weighted by Crippen LogP contribution is 2.31. The number of aliphatic hydroxyl groups excluding tert-OH is 1. The summed E-state index contributed by atoms with van der Waals surface area (Å²) in [5, 5.41) is 34.9. The number of carbonyl (C=O) groups is 1. The van der Waals surface area contributed by atoms with Crippen molar-refractivity contribution >= 4 is 23.3 Å². The molecule has 1 aliphatic rings. The predicted molar refractivity (Wildman–Crippen MR) is 127 cm³/mol. The first-order chi connectivity index (χ1) is 16.3. The Kier molecular flexibility index (Phi) is 7.12. The van der Waals surface area contributed by atoms with Crippen molar-refractivity contribution in [3.05, 3.63) is 98.1 Å². The molecule has 0 saturated carbocycles. The highest BCUT2D eigenvalue weighted by atomic mass is 35.5. The van der Waals surface area contributed by atoms with Crippen molar-refractivity contribution in [3.8, 4) is 11.5 Å². The van der Waals surface area contributed by atoms with E-state index >= 15 is 0 Å². The van der Waals surface area contributed by atoms with Crippen molar-refractivity contribution < 1.29 is 24.7 Å². The molecule has 0 saturated heterocycles. The second-order valence-corrected chi connectivity index (χ2v) is 8.67. The van der Waals surface area contributed by atoms with E-state index < -0.39 is 17.0 Å². The molecule has 8 nitrogen and oxygen atoms in total. The van der Waals surface area contributed by atoms with Crippen molar-refractivity contribution in [1.29, 1.82) is 0 Å². The number of aryl methyl sites for hydroxylation is 1. The fourth-order valence-electron chi connectivity index (χ4n) is 4.09. The summed E-state index contributed by atoms with van der Waals surface area (Å²) in [5.41, 5.74) is 2.44. The standard InChI is InChI=1S/C25H23ClN2O6/c26-19-3-1-2-16(8-19)24(29)14-27-20-6-4-15-5-7-22(11-17(15)9-20)34-23-12-18(25(30)31)10-21(13-23)28(32)33/h1-3,5,7-8,10-13,20,24,27,29H,4,6,9,14H2,(H,30,31)/t20-,24-/m0/s1. The molecule has 9 heteroatoms. The molecule has 0 fully saturated rings. The Bertz CT molecular complexity index is 1200. The molecule has 0 radical (unpaired) electrons. The topological polar surface area (TPSA) is 122 Å². The molecule has 3 aromatic carbocycles. The maximum absolute atomic E-state index is 11.3. The molecule has 34 heavy (non-hydrogen) atoms. The molecule has 3 N–H and O–H groups in total. The molecule has 0 heterocycles. The average Bonchev–Trinajstić information content (AvgIpc) is 2.82. The Hall–Kier alpha value is -3.46. The van der Waals surface area contributed by atoms with E-state index in [1.807, 2.05) is 18.2 Å². The van der Waals surface area contributed by atoms with Gasteiger partial charge in [-0.3, -0.25) is 10.1 Å². The molecule has 176 valence electrons. The summed E-state index contributed by atoms with van der Waals surface area (Å²) in [4.78, 5) is 21.8. The van der Waals surface area contributed by atoms with Gasteiger partial charge in [-0.15, -0.1) is 0 Å². The third-order valence-electron chi connectivity index (χ3n) is 5.82. The average molecular weight is 483 g/mol. The molecule has 4 rings (SSSR count). The third-order valence-corrected chi connectivity index (χ3v) is 6.06. The summed E-state index contributed by atoms with van der Waals surface area (Å²) in [7, 11) is 0. The summed E-state index contributed by atoms with van der Waals surface area (Å²) >= 11 is 6.01. The maximum Gasteiger partial charge on any atom is 0.336 e. The highest BCUT2D eigenvalue weighted by Gasteiger charge is 2.21. The van der Waals surface area contributed by atoms with Crippen molar-refractivity contribution in [2.24, 2.45) is 0 Å². The van der Waals surface area contributed by atoms with Crippen LogP contribution in [0.15, 0.2) is 60.7 Å². The first kappa shape index (κ1) is 23.7. The van der Waals surface area contributed by atoms with Gasteiger partial charge < -0.3 is 20.3 Å².